The van der Waals surface area contributed by atoms with Gasteiger partial charge in [0.25, 0.3) is 5.91 Å². The summed E-state index contributed by atoms with van der Waals surface area (Å²) in [4.78, 5) is 33.4. The molecule has 0 saturated carbocycles. The number of hydrogen-bond acceptors (Lipinski definition) is 5. The van der Waals surface area contributed by atoms with Gasteiger partial charge in [0.2, 0.25) is 11.8 Å². The first-order chi connectivity index (χ1) is 15.5. The van der Waals surface area contributed by atoms with E-state index in [4.69, 9.17) is 4.74 Å². The summed E-state index contributed by atoms with van der Waals surface area (Å²) in [6, 6.07) is 15.9. The van der Waals surface area contributed by atoms with Gasteiger partial charge in [-0.3, -0.25) is 9.59 Å². The van der Waals surface area contributed by atoms with E-state index >= 15 is 0 Å². The third-order valence-corrected chi connectivity index (χ3v) is 6.85. The van der Waals surface area contributed by atoms with Crippen molar-refractivity contribution < 1.29 is 14.3 Å². The number of hydrogen-bond donors (Lipinski definition) is 1. The maximum absolute atomic E-state index is 13.2. The van der Waals surface area contributed by atoms with Crippen LogP contribution in [0, 0.1) is 5.41 Å². The third kappa shape index (κ3) is 4.53. The molecule has 0 spiro atoms. The third-order valence-electron chi connectivity index (χ3n) is 5.93. The predicted molar refractivity (Wildman–Crippen MR) is 126 cm³/mol. The van der Waals surface area contributed by atoms with Crippen LogP contribution < -0.4 is 10.1 Å². The Bertz CT molecular complexity index is 1080. The van der Waals surface area contributed by atoms with Crippen molar-refractivity contribution in [1.29, 1.82) is 0 Å². The number of methoxy groups -OCH3 is 1. The number of benzene rings is 1. The molecule has 2 aromatic heterocycles. The fourth-order valence-corrected chi connectivity index (χ4v) is 5.01. The number of nitrogens with one attached hydrogen (secondary N) is 1. The second-order valence-corrected chi connectivity index (χ2v) is 9.01. The largest absolute Gasteiger partial charge is 0.481 e. The van der Waals surface area contributed by atoms with Crippen molar-refractivity contribution in [2.75, 3.05) is 26.7 Å². The lowest BCUT2D eigenvalue weighted by molar-refractivity contribution is -0.130. The lowest BCUT2D eigenvalue weighted by Crippen LogP contribution is -2.45. The highest BCUT2D eigenvalue weighted by Crippen LogP contribution is 2.36. The molecule has 2 amide bonds. The maximum atomic E-state index is 13.2. The Morgan fingerprint density at radius 1 is 1.22 bits per heavy atom. The molecule has 0 bridgehead atoms. The van der Waals surface area contributed by atoms with E-state index in [1.54, 1.807) is 35.5 Å². The van der Waals surface area contributed by atoms with Crippen LogP contribution in [0.2, 0.25) is 0 Å². The molecule has 1 N–H and O–H groups in total. The summed E-state index contributed by atoms with van der Waals surface area (Å²) in [5.74, 6) is 0.355. The Morgan fingerprint density at radius 3 is 2.78 bits per heavy atom. The monoisotopic (exact) mass is 449 g/mol. The number of pyridine rings is 1. The van der Waals surface area contributed by atoms with Gasteiger partial charge in [-0.15, -0.1) is 11.3 Å². The van der Waals surface area contributed by atoms with Crippen LogP contribution in [-0.2, 0) is 11.2 Å². The van der Waals surface area contributed by atoms with Gasteiger partial charge in [-0.2, -0.15) is 0 Å². The number of ether oxygens (including phenoxy) is 1. The lowest BCUT2D eigenvalue weighted by atomic mass is 9.79. The molecule has 1 fully saturated rings. The molecule has 1 aliphatic heterocycles. The van der Waals surface area contributed by atoms with E-state index in [-0.39, 0.29) is 11.8 Å². The summed E-state index contributed by atoms with van der Waals surface area (Å²) < 4.78 is 5.08. The number of carbonyl (C=O) groups excluding carboxylic acids is 2. The topological polar surface area (TPSA) is 71.5 Å². The Hall–Kier alpha value is -3.19. The van der Waals surface area contributed by atoms with Crippen LogP contribution in [0.4, 0.5) is 0 Å². The van der Waals surface area contributed by atoms with E-state index in [1.807, 2.05) is 19.1 Å². The minimum atomic E-state index is -0.653. The number of rotatable bonds is 7. The van der Waals surface area contributed by atoms with E-state index in [0.717, 1.165) is 11.1 Å². The molecule has 3 heterocycles. The van der Waals surface area contributed by atoms with E-state index in [1.165, 1.54) is 11.1 Å². The highest BCUT2D eigenvalue weighted by Gasteiger charge is 2.46. The van der Waals surface area contributed by atoms with Gasteiger partial charge in [0.05, 0.1) is 18.1 Å². The molecule has 4 rings (SSSR count). The van der Waals surface area contributed by atoms with E-state index in [2.05, 4.69) is 39.9 Å². The van der Waals surface area contributed by atoms with Crippen LogP contribution in [0.15, 0.2) is 60.1 Å². The lowest BCUT2D eigenvalue weighted by Gasteiger charge is -2.28. The molecule has 1 aliphatic rings. The molecular formula is C25H27N3O3S. The Kier molecular flexibility index (Phi) is 6.55. The average Bonchev–Trinajstić information content (AvgIpc) is 3.50. The van der Waals surface area contributed by atoms with Gasteiger partial charge in [0, 0.05) is 36.8 Å². The zero-order valence-corrected chi connectivity index (χ0v) is 19.2. The fourth-order valence-electron chi connectivity index (χ4n) is 4.28. The summed E-state index contributed by atoms with van der Waals surface area (Å²) in [6.07, 6.45) is 2.73. The second-order valence-electron chi connectivity index (χ2n) is 8.06. The van der Waals surface area contributed by atoms with Crippen LogP contribution >= 0.6 is 11.3 Å². The van der Waals surface area contributed by atoms with Crippen molar-refractivity contribution in [2.45, 2.75) is 19.8 Å². The summed E-state index contributed by atoms with van der Waals surface area (Å²) in [5, 5.41) is 5.06. The van der Waals surface area contributed by atoms with Crippen molar-refractivity contribution >= 4 is 23.2 Å². The normalized spacial score (nSPS) is 17.9. The second kappa shape index (κ2) is 9.53. The number of carbonyl (C=O) groups is 2. The van der Waals surface area contributed by atoms with Gasteiger partial charge >= 0.3 is 0 Å². The molecule has 1 saturated heterocycles. The summed E-state index contributed by atoms with van der Waals surface area (Å²) in [6.45, 7) is 3.40. The molecule has 32 heavy (non-hydrogen) atoms. The minimum Gasteiger partial charge on any atom is -0.481 e. The fraction of sp³-hybridized carbons (Fsp3) is 0.320. The van der Waals surface area contributed by atoms with Crippen molar-refractivity contribution in [3.05, 3.63) is 71.2 Å². The van der Waals surface area contributed by atoms with Crippen molar-refractivity contribution in [3.63, 3.8) is 0 Å². The number of amides is 2. The SMILES string of the molecule is CCNC(=O)C1(Cc2cccc(-c3cccs3)c2)CCN(C(=O)c2ccc(OC)nc2)C1. The van der Waals surface area contributed by atoms with Gasteiger partial charge in [-0.1, -0.05) is 30.3 Å². The molecule has 1 atom stereocenters. The minimum absolute atomic E-state index is 0.00434. The van der Waals surface area contributed by atoms with Crippen molar-refractivity contribution in [2.24, 2.45) is 5.41 Å². The molecular weight excluding hydrogens is 422 g/mol. The Morgan fingerprint density at radius 2 is 2.09 bits per heavy atom. The summed E-state index contributed by atoms with van der Waals surface area (Å²) >= 11 is 1.70. The van der Waals surface area contributed by atoms with E-state index in [0.29, 0.717) is 43.9 Å². The Balaban J connectivity index is 1.57. The van der Waals surface area contributed by atoms with Crippen LogP contribution in [0.25, 0.3) is 10.4 Å². The summed E-state index contributed by atoms with van der Waals surface area (Å²) in [7, 11) is 1.54. The van der Waals surface area contributed by atoms with Crippen LogP contribution in [0.5, 0.6) is 5.88 Å². The molecule has 0 radical (unpaired) electrons. The highest BCUT2D eigenvalue weighted by molar-refractivity contribution is 7.13. The molecule has 0 aliphatic carbocycles. The van der Waals surface area contributed by atoms with E-state index < -0.39 is 5.41 Å². The zero-order valence-electron chi connectivity index (χ0n) is 18.3. The standard InChI is InChI=1S/C25H27N3O3S/c1-3-26-24(30)25(15-18-6-4-7-19(14-18)21-8-5-13-32-21)11-12-28(17-25)23(29)20-9-10-22(31-2)27-16-20/h4-10,13-14,16H,3,11-12,15,17H2,1-2H3,(H,26,30). The molecule has 6 nitrogen and oxygen atoms in total. The number of likely N-dealkylation sites (tertiary alicyclic amines) is 1. The quantitative estimate of drug-likeness (QED) is 0.591. The summed E-state index contributed by atoms with van der Waals surface area (Å²) in [5.41, 5.74) is 2.10. The average molecular weight is 450 g/mol. The predicted octanol–water partition coefficient (Wildman–Crippen LogP) is 4.03. The van der Waals surface area contributed by atoms with Gasteiger partial charge in [0.1, 0.15) is 0 Å². The molecule has 1 aromatic carbocycles. The van der Waals surface area contributed by atoms with Crippen LogP contribution in [-0.4, -0.2) is 48.4 Å². The van der Waals surface area contributed by atoms with Crippen LogP contribution in [0.1, 0.15) is 29.3 Å². The van der Waals surface area contributed by atoms with Gasteiger partial charge in [0.15, 0.2) is 0 Å². The van der Waals surface area contributed by atoms with Crippen molar-refractivity contribution in [3.8, 4) is 16.3 Å². The van der Waals surface area contributed by atoms with Gasteiger partial charge in [-0.25, -0.2) is 4.98 Å². The highest BCUT2D eigenvalue weighted by atomic mass is 32.1. The number of thiophene rings is 1. The first-order valence-corrected chi connectivity index (χ1v) is 11.6. The first kappa shape index (κ1) is 22.0. The maximum Gasteiger partial charge on any atom is 0.255 e. The van der Waals surface area contributed by atoms with Gasteiger partial charge in [-0.05, 0) is 48.4 Å². The molecule has 1 unspecified atom stereocenters. The number of aromatic nitrogens is 1. The zero-order chi connectivity index (χ0) is 22.6. The molecule has 166 valence electrons. The molecule has 3 aromatic rings. The van der Waals surface area contributed by atoms with Crippen molar-refractivity contribution in [1.82, 2.24) is 15.2 Å². The number of nitrogens with zero attached hydrogens (tertiary/aromatic N) is 2. The Labute approximate surface area is 192 Å². The first-order valence-electron chi connectivity index (χ1n) is 10.7. The molecule has 7 heteroatoms. The van der Waals surface area contributed by atoms with Crippen LogP contribution in [0.3, 0.4) is 0 Å². The van der Waals surface area contributed by atoms with Gasteiger partial charge < -0.3 is 15.0 Å². The van der Waals surface area contributed by atoms with E-state index in [9.17, 15) is 9.59 Å². The smallest absolute Gasteiger partial charge is 0.255 e.